The molecule has 0 atom stereocenters. The van der Waals surface area contributed by atoms with Crippen LogP contribution in [0.4, 0.5) is 0 Å². The van der Waals surface area contributed by atoms with E-state index in [-0.39, 0.29) is 18.2 Å². The standard InChI is InChI=1S/C25H21Cl2N3O4/c26-17-5-6-18(19(27)14-17)22-15-28-23(34-22)7-8-24(31)29-9-11-30(12-10-29)25(32)21-13-16-3-1-2-4-20(16)33-21/h1-6,13-15H,7-12H2. The molecule has 0 bridgehead atoms. The monoisotopic (exact) mass is 497 g/mol. The van der Waals surface area contributed by atoms with Crippen molar-refractivity contribution in [2.24, 2.45) is 0 Å². The smallest absolute Gasteiger partial charge is 0.289 e. The number of halogens is 2. The van der Waals surface area contributed by atoms with E-state index in [9.17, 15) is 9.59 Å². The molecular formula is C25H21Cl2N3O4. The van der Waals surface area contributed by atoms with Crippen LogP contribution in [-0.2, 0) is 11.2 Å². The Labute approximate surface area is 205 Å². The first-order chi connectivity index (χ1) is 16.5. The van der Waals surface area contributed by atoms with Gasteiger partial charge in [0, 0.05) is 55.0 Å². The average Bonchev–Trinajstić information content (AvgIpc) is 3.49. The van der Waals surface area contributed by atoms with Crippen LogP contribution in [0.25, 0.3) is 22.3 Å². The quantitative estimate of drug-likeness (QED) is 0.373. The van der Waals surface area contributed by atoms with Crippen LogP contribution in [0.2, 0.25) is 10.0 Å². The molecule has 9 heteroatoms. The Morgan fingerprint density at radius 3 is 2.47 bits per heavy atom. The van der Waals surface area contributed by atoms with Crippen molar-refractivity contribution in [2.75, 3.05) is 26.2 Å². The molecule has 3 heterocycles. The number of aryl methyl sites for hydroxylation is 1. The molecule has 0 spiro atoms. The molecule has 34 heavy (non-hydrogen) atoms. The first-order valence-corrected chi connectivity index (χ1v) is 11.7. The summed E-state index contributed by atoms with van der Waals surface area (Å²) in [7, 11) is 0. The van der Waals surface area contributed by atoms with Crippen LogP contribution in [0.5, 0.6) is 0 Å². The van der Waals surface area contributed by atoms with Gasteiger partial charge in [0.15, 0.2) is 17.4 Å². The van der Waals surface area contributed by atoms with E-state index in [0.717, 1.165) is 5.39 Å². The van der Waals surface area contributed by atoms with E-state index in [1.54, 1.807) is 40.3 Å². The van der Waals surface area contributed by atoms with Crippen LogP contribution in [0.1, 0.15) is 22.9 Å². The first kappa shape index (κ1) is 22.5. The zero-order valence-corrected chi connectivity index (χ0v) is 19.7. The number of amides is 2. The highest BCUT2D eigenvalue weighted by atomic mass is 35.5. The number of benzene rings is 2. The molecule has 7 nitrogen and oxygen atoms in total. The summed E-state index contributed by atoms with van der Waals surface area (Å²) < 4.78 is 11.5. The van der Waals surface area contributed by atoms with Gasteiger partial charge < -0.3 is 18.6 Å². The number of carbonyl (C=O) groups excluding carboxylic acids is 2. The number of rotatable bonds is 5. The number of furan rings is 1. The van der Waals surface area contributed by atoms with Crippen LogP contribution >= 0.6 is 23.2 Å². The van der Waals surface area contributed by atoms with Gasteiger partial charge in [-0.25, -0.2) is 4.98 Å². The average molecular weight is 498 g/mol. The van der Waals surface area contributed by atoms with E-state index in [0.29, 0.717) is 71.2 Å². The van der Waals surface area contributed by atoms with Crippen molar-refractivity contribution in [1.82, 2.24) is 14.8 Å². The fraction of sp³-hybridized carbons (Fsp3) is 0.240. The van der Waals surface area contributed by atoms with E-state index in [4.69, 9.17) is 32.0 Å². The van der Waals surface area contributed by atoms with E-state index >= 15 is 0 Å². The molecule has 0 N–H and O–H groups in total. The molecule has 1 fully saturated rings. The predicted octanol–water partition coefficient (Wildman–Crippen LogP) is 5.31. The third-order valence-electron chi connectivity index (χ3n) is 5.86. The SMILES string of the molecule is O=C(CCc1ncc(-c2ccc(Cl)cc2Cl)o1)N1CCN(C(=O)c2cc3ccccc3o2)CC1. The van der Waals surface area contributed by atoms with Gasteiger partial charge in [-0.1, -0.05) is 41.4 Å². The maximum atomic E-state index is 12.8. The Hall–Kier alpha value is -3.29. The topological polar surface area (TPSA) is 79.8 Å². The minimum Gasteiger partial charge on any atom is -0.451 e. The minimum atomic E-state index is -0.156. The maximum absolute atomic E-state index is 12.8. The fourth-order valence-corrected chi connectivity index (χ4v) is 4.52. The Kier molecular flexibility index (Phi) is 6.30. The molecule has 5 rings (SSSR count). The second kappa shape index (κ2) is 9.52. The number of hydrogen-bond donors (Lipinski definition) is 0. The molecule has 2 aromatic heterocycles. The Balaban J connectivity index is 1.14. The largest absolute Gasteiger partial charge is 0.451 e. The number of hydrogen-bond acceptors (Lipinski definition) is 5. The first-order valence-electron chi connectivity index (χ1n) is 10.9. The summed E-state index contributed by atoms with van der Waals surface area (Å²) in [5.41, 5.74) is 1.38. The van der Waals surface area contributed by atoms with Gasteiger partial charge in [-0.2, -0.15) is 0 Å². The summed E-state index contributed by atoms with van der Waals surface area (Å²) in [6.45, 7) is 1.86. The van der Waals surface area contributed by atoms with Crippen LogP contribution < -0.4 is 0 Å². The lowest BCUT2D eigenvalue weighted by Crippen LogP contribution is -2.50. The maximum Gasteiger partial charge on any atom is 0.289 e. The van der Waals surface area contributed by atoms with Gasteiger partial charge >= 0.3 is 0 Å². The number of carbonyl (C=O) groups is 2. The molecule has 0 radical (unpaired) electrons. The number of para-hydroxylation sites is 1. The van der Waals surface area contributed by atoms with E-state index in [1.807, 2.05) is 24.3 Å². The molecule has 4 aromatic rings. The minimum absolute atomic E-state index is 0.000103. The number of nitrogens with zero attached hydrogens (tertiary/aromatic N) is 3. The van der Waals surface area contributed by atoms with E-state index < -0.39 is 0 Å². The molecule has 1 saturated heterocycles. The van der Waals surface area contributed by atoms with E-state index in [2.05, 4.69) is 4.98 Å². The van der Waals surface area contributed by atoms with Crippen molar-refractivity contribution >= 4 is 46.0 Å². The van der Waals surface area contributed by atoms with Gasteiger partial charge in [0.25, 0.3) is 5.91 Å². The fourth-order valence-electron chi connectivity index (χ4n) is 4.01. The Bertz CT molecular complexity index is 1320. The normalized spacial score (nSPS) is 14.1. The number of oxazole rings is 1. The number of piperazine rings is 1. The van der Waals surface area contributed by atoms with Gasteiger partial charge in [-0.3, -0.25) is 9.59 Å². The van der Waals surface area contributed by atoms with Gasteiger partial charge in [0.1, 0.15) is 5.58 Å². The molecule has 2 amide bonds. The molecule has 1 aliphatic heterocycles. The summed E-state index contributed by atoms with van der Waals surface area (Å²) in [4.78, 5) is 33.3. The lowest BCUT2D eigenvalue weighted by Gasteiger charge is -2.34. The van der Waals surface area contributed by atoms with Gasteiger partial charge in [0.2, 0.25) is 5.91 Å². The second-order valence-corrected chi connectivity index (χ2v) is 8.91. The molecule has 0 unspecified atom stereocenters. The molecule has 1 aliphatic rings. The zero-order valence-electron chi connectivity index (χ0n) is 18.2. The van der Waals surface area contributed by atoms with Crippen LogP contribution in [-0.4, -0.2) is 52.8 Å². The summed E-state index contributed by atoms with van der Waals surface area (Å²) in [5, 5.41) is 1.91. The van der Waals surface area contributed by atoms with Crippen LogP contribution in [0.3, 0.4) is 0 Å². The number of fused-ring (bicyclic) bond motifs is 1. The third kappa shape index (κ3) is 4.67. The van der Waals surface area contributed by atoms with Crippen molar-refractivity contribution in [1.29, 1.82) is 0 Å². The van der Waals surface area contributed by atoms with Crippen molar-refractivity contribution in [3.05, 3.63) is 76.4 Å². The second-order valence-electron chi connectivity index (χ2n) is 8.06. The predicted molar refractivity (Wildman–Crippen MR) is 129 cm³/mol. The summed E-state index contributed by atoms with van der Waals surface area (Å²) >= 11 is 12.2. The van der Waals surface area contributed by atoms with Crippen LogP contribution in [0.15, 0.2) is 63.6 Å². The lowest BCUT2D eigenvalue weighted by atomic mass is 10.2. The highest BCUT2D eigenvalue weighted by molar-refractivity contribution is 6.36. The summed E-state index contributed by atoms with van der Waals surface area (Å²) in [5.74, 6) is 1.16. The van der Waals surface area contributed by atoms with Crippen molar-refractivity contribution in [2.45, 2.75) is 12.8 Å². The van der Waals surface area contributed by atoms with E-state index in [1.165, 1.54) is 0 Å². The van der Waals surface area contributed by atoms with Gasteiger partial charge in [-0.15, -0.1) is 0 Å². The number of aromatic nitrogens is 1. The third-order valence-corrected chi connectivity index (χ3v) is 6.41. The van der Waals surface area contributed by atoms with Crippen LogP contribution in [0, 0.1) is 0 Å². The highest BCUT2D eigenvalue weighted by Crippen LogP contribution is 2.31. The van der Waals surface area contributed by atoms with Gasteiger partial charge in [-0.05, 0) is 30.3 Å². The van der Waals surface area contributed by atoms with Crippen molar-refractivity contribution in [3.63, 3.8) is 0 Å². The lowest BCUT2D eigenvalue weighted by molar-refractivity contribution is -0.132. The summed E-state index contributed by atoms with van der Waals surface area (Å²) in [6.07, 6.45) is 2.24. The highest BCUT2D eigenvalue weighted by Gasteiger charge is 2.26. The Morgan fingerprint density at radius 1 is 0.941 bits per heavy atom. The van der Waals surface area contributed by atoms with Crippen molar-refractivity contribution in [3.8, 4) is 11.3 Å². The molecule has 2 aromatic carbocycles. The molecule has 174 valence electrons. The zero-order chi connectivity index (χ0) is 23.7. The summed E-state index contributed by atoms with van der Waals surface area (Å²) in [6, 6.07) is 14.4. The molecule has 0 saturated carbocycles. The molecular weight excluding hydrogens is 477 g/mol. The Morgan fingerprint density at radius 2 is 1.71 bits per heavy atom. The molecule has 0 aliphatic carbocycles. The van der Waals surface area contributed by atoms with Crippen molar-refractivity contribution < 1.29 is 18.4 Å². The van der Waals surface area contributed by atoms with Gasteiger partial charge in [0.05, 0.1) is 11.2 Å².